The second-order valence-corrected chi connectivity index (χ2v) is 10.9. The number of nitrogens with zero attached hydrogens (tertiary/aromatic N) is 2. The molecule has 0 aliphatic carbocycles. The Kier molecular flexibility index (Phi) is 3.82. The molecule has 33 heavy (non-hydrogen) atoms. The number of hydrogen-bond acceptors (Lipinski definition) is 2. The largest absolute Gasteiger partial charge is 0.289 e. The topological polar surface area (TPSA) is 33.2 Å². The summed E-state index contributed by atoms with van der Waals surface area (Å²) in [5.74, 6) is 0. The molecular formula is C29H19N2OP. The number of hydrogen-bond donors (Lipinski definition) is 0. The fourth-order valence-electron chi connectivity index (χ4n) is 5.26. The van der Waals surface area contributed by atoms with Crippen molar-refractivity contribution in [1.29, 1.82) is 0 Å². The first kappa shape index (κ1) is 18.6. The highest BCUT2D eigenvalue weighted by molar-refractivity contribution is 7.81. The van der Waals surface area contributed by atoms with Gasteiger partial charge in [-0.25, -0.2) is 0 Å². The van der Waals surface area contributed by atoms with E-state index in [1.807, 2.05) is 67.0 Å². The highest BCUT2D eigenvalue weighted by atomic mass is 31.2. The van der Waals surface area contributed by atoms with Gasteiger partial charge in [-0.05, 0) is 64.7 Å². The van der Waals surface area contributed by atoms with E-state index in [1.165, 1.54) is 0 Å². The van der Waals surface area contributed by atoms with Crippen LogP contribution in [0.4, 0.5) is 11.4 Å². The van der Waals surface area contributed by atoms with Crippen LogP contribution in [0.15, 0.2) is 116 Å². The number of para-hydroxylation sites is 1. The molecule has 1 atom stereocenters. The van der Waals surface area contributed by atoms with Crippen LogP contribution in [-0.2, 0) is 4.57 Å². The van der Waals surface area contributed by atoms with Gasteiger partial charge in [-0.3, -0.25) is 14.2 Å². The number of pyridine rings is 1. The lowest BCUT2D eigenvalue weighted by molar-refractivity contribution is 0.586. The molecule has 4 heteroatoms. The number of anilines is 2. The molecule has 0 saturated heterocycles. The Balaban J connectivity index is 1.59. The maximum Gasteiger partial charge on any atom is 0.235 e. The summed E-state index contributed by atoms with van der Waals surface area (Å²) in [7, 11) is -3.13. The van der Waals surface area contributed by atoms with E-state index >= 15 is 4.57 Å². The third-order valence-corrected chi connectivity index (χ3v) is 9.77. The number of fused-ring (bicyclic) bond motifs is 11. The van der Waals surface area contributed by atoms with Crippen LogP contribution >= 0.6 is 7.29 Å². The first-order chi connectivity index (χ1) is 16.3. The van der Waals surface area contributed by atoms with Gasteiger partial charge < -0.3 is 0 Å². The third kappa shape index (κ3) is 2.46. The van der Waals surface area contributed by atoms with E-state index in [0.29, 0.717) is 0 Å². The van der Waals surface area contributed by atoms with Crippen molar-refractivity contribution in [3.63, 3.8) is 0 Å². The molecule has 3 nitrogen and oxygen atoms in total. The summed E-state index contributed by atoms with van der Waals surface area (Å²) in [6, 6.07) is 35.1. The molecule has 0 saturated carbocycles. The lowest BCUT2D eigenvalue weighted by Gasteiger charge is -2.44. The SMILES string of the molecule is O=P12c3ccccc3-c3ccccc3N1c1ccc(-c3ccncc3)cc1-c1ccccc12. The molecular weight excluding hydrogens is 423 g/mol. The molecule has 2 aliphatic rings. The zero-order chi connectivity index (χ0) is 22.0. The van der Waals surface area contributed by atoms with Crippen LogP contribution in [0.1, 0.15) is 0 Å². The van der Waals surface area contributed by atoms with Crippen LogP contribution in [0.3, 0.4) is 0 Å². The number of rotatable bonds is 1. The zero-order valence-corrected chi connectivity index (χ0v) is 18.6. The van der Waals surface area contributed by atoms with E-state index in [0.717, 1.165) is 55.4 Å². The van der Waals surface area contributed by atoms with Crippen LogP contribution in [-0.4, -0.2) is 4.98 Å². The summed E-state index contributed by atoms with van der Waals surface area (Å²) < 4.78 is 17.4. The summed E-state index contributed by atoms with van der Waals surface area (Å²) in [5.41, 5.74) is 8.51. The summed E-state index contributed by atoms with van der Waals surface area (Å²) in [4.78, 5) is 4.16. The normalized spacial score (nSPS) is 17.3. The molecule has 1 aromatic heterocycles. The van der Waals surface area contributed by atoms with E-state index in [-0.39, 0.29) is 0 Å². The molecule has 3 heterocycles. The van der Waals surface area contributed by atoms with Crippen molar-refractivity contribution in [2.75, 3.05) is 4.67 Å². The first-order valence-electron chi connectivity index (χ1n) is 11.0. The minimum absolute atomic E-state index is 0.895. The molecule has 4 aromatic carbocycles. The van der Waals surface area contributed by atoms with Gasteiger partial charge in [0, 0.05) is 34.1 Å². The Morgan fingerprint density at radius 3 is 1.85 bits per heavy atom. The molecule has 1 unspecified atom stereocenters. The molecule has 0 N–H and O–H groups in total. The molecule has 156 valence electrons. The van der Waals surface area contributed by atoms with Crippen LogP contribution in [0.2, 0.25) is 0 Å². The van der Waals surface area contributed by atoms with Crippen LogP contribution in [0.25, 0.3) is 33.4 Å². The minimum atomic E-state index is -3.13. The Labute approximate surface area is 192 Å². The Morgan fingerprint density at radius 1 is 0.545 bits per heavy atom. The van der Waals surface area contributed by atoms with Crippen molar-refractivity contribution >= 4 is 29.3 Å². The maximum atomic E-state index is 15.3. The lowest BCUT2D eigenvalue weighted by atomic mass is 9.96. The standard InChI is InChI=1S/C29H19N2OP/c32-33-28-11-5-2-8-23(28)22-7-1-4-10-26(22)31(33)27-14-13-21(20-15-17-30-18-16-20)19-25(27)24-9-3-6-12-29(24)33/h1-19H. The number of aromatic nitrogens is 1. The maximum absolute atomic E-state index is 15.3. The molecule has 2 aliphatic heterocycles. The van der Waals surface area contributed by atoms with Gasteiger partial charge in [0.05, 0.1) is 11.4 Å². The van der Waals surface area contributed by atoms with Crippen molar-refractivity contribution in [3.8, 4) is 33.4 Å². The quantitative estimate of drug-likeness (QED) is 0.268. The van der Waals surface area contributed by atoms with Crippen molar-refractivity contribution in [1.82, 2.24) is 4.98 Å². The highest BCUT2D eigenvalue weighted by Gasteiger charge is 2.47. The molecule has 0 amide bonds. The number of benzene rings is 4. The summed E-state index contributed by atoms with van der Waals surface area (Å²) in [6.07, 6.45) is 3.63. The van der Waals surface area contributed by atoms with Crippen LogP contribution < -0.4 is 15.3 Å². The van der Waals surface area contributed by atoms with E-state index in [4.69, 9.17) is 0 Å². The Morgan fingerprint density at radius 2 is 1.12 bits per heavy atom. The van der Waals surface area contributed by atoms with Gasteiger partial charge in [0.15, 0.2) is 0 Å². The van der Waals surface area contributed by atoms with Crippen molar-refractivity contribution in [2.24, 2.45) is 0 Å². The second kappa shape index (κ2) is 6.78. The van der Waals surface area contributed by atoms with E-state index < -0.39 is 7.29 Å². The summed E-state index contributed by atoms with van der Waals surface area (Å²) in [5, 5.41) is 1.80. The van der Waals surface area contributed by atoms with E-state index in [2.05, 4.69) is 58.2 Å². The molecule has 0 spiro atoms. The highest BCUT2D eigenvalue weighted by Crippen LogP contribution is 2.65. The van der Waals surface area contributed by atoms with Crippen molar-refractivity contribution < 1.29 is 4.57 Å². The van der Waals surface area contributed by atoms with Gasteiger partial charge in [-0.15, -0.1) is 0 Å². The predicted molar refractivity (Wildman–Crippen MR) is 136 cm³/mol. The predicted octanol–water partition coefficient (Wildman–Crippen LogP) is 6.78. The van der Waals surface area contributed by atoms with Crippen molar-refractivity contribution in [3.05, 3.63) is 116 Å². The molecule has 0 bridgehead atoms. The van der Waals surface area contributed by atoms with Gasteiger partial charge in [0.2, 0.25) is 7.29 Å². The Hall–Kier alpha value is -3.94. The fraction of sp³-hybridized carbons (Fsp3) is 0. The van der Waals surface area contributed by atoms with Gasteiger partial charge >= 0.3 is 0 Å². The second-order valence-electron chi connectivity index (χ2n) is 8.41. The zero-order valence-electron chi connectivity index (χ0n) is 17.7. The van der Waals surface area contributed by atoms with E-state index in [1.54, 1.807) is 0 Å². The van der Waals surface area contributed by atoms with Gasteiger partial charge in [0.1, 0.15) is 0 Å². The summed E-state index contributed by atoms with van der Waals surface area (Å²) in [6.45, 7) is 0. The van der Waals surface area contributed by atoms with Crippen molar-refractivity contribution in [2.45, 2.75) is 0 Å². The molecule has 0 radical (unpaired) electrons. The molecule has 7 rings (SSSR count). The van der Waals surface area contributed by atoms with Crippen LogP contribution in [0.5, 0.6) is 0 Å². The summed E-state index contributed by atoms with van der Waals surface area (Å²) >= 11 is 0. The Bertz CT molecular complexity index is 1610. The average Bonchev–Trinajstić information content (AvgIpc) is 2.89. The van der Waals surface area contributed by atoms with Gasteiger partial charge in [-0.1, -0.05) is 60.7 Å². The van der Waals surface area contributed by atoms with Gasteiger partial charge in [0.25, 0.3) is 0 Å². The monoisotopic (exact) mass is 442 g/mol. The minimum Gasteiger partial charge on any atom is -0.289 e. The molecule has 0 fully saturated rings. The van der Waals surface area contributed by atoms with Crippen LogP contribution in [0, 0.1) is 0 Å². The first-order valence-corrected chi connectivity index (χ1v) is 12.7. The smallest absolute Gasteiger partial charge is 0.235 e. The third-order valence-electron chi connectivity index (χ3n) is 6.69. The van der Waals surface area contributed by atoms with Gasteiger partial charge in [-0.2, -0.15) is 0 Å². The average molecular weight is 442 g/mol. The fourth-order valence-corrected chi connectivity index (χ4v) is 8.52. The molecule has 5 aromatic rings. The lowest BCUT2D eigenvalue weighted by Crippen LogP contribution is -2.37. The van der Waals surface area contributed by atoms with E-state index in [9.17, 15) is 0 Å².